The molecule has 0 fully saturated rings. The highest BCUT2D eigenvalue weighted by molar-refractivity contribution is 8.03. The van der Waals surface area contributed by atoms with Crippen LogP contribution in [0.3, 0.4) is 0 Å². The molecule has 0 radical (unpaired) electrons. The molecule has 12 rings (SSSR count). The summed E-state index contributed by atoms with van der Waals surface area (Å²) in [6.07, 6.45) is 4.84. The van der Waals surface area contributed by atoms with Crippen molar-refractivity contribution in [2.75, 3.05) is 4.90 Å². The highest BCUT2D eigenvalue weighted by atomic mass is 32.2. The molecule has 0 saturated heterocycles. The molecule has 56 heavy (non-hydrogen) atoms. The van der Waals surface area contributed by atoms with Crippen LogP contribution < -0.4 is 42.0 Å². The van der Waals surface area contributed by atoms with Crippen LogP contribution in [0.15, 0.2) is 194 Å². The van der Waals surface area contributed by atoms with E-state index >= 15 is 0 Å². The first-order valence-electron chi connectivity index (χ1n) is 19.7. The average molecular weight is 786 g/mol. The molecule has 1 aromatic heterocycles. The molecule has 0 saturated carbocycles. The number of hydrogen-bond acceptors (Lipinski definition) is 4. The first kappa shape index (κ1) is 33.2. The SMILES string of the molecule is c1ccc([Si]2(c3ccccc3)c3ccc(-c4csc5ccccc45)cc3B3c4ccc(N5C6=C(CCCC6)Sc6ccccc65)cc4Sc4cccc2c43)cc1. The minimum Gasteiger partial charge on any atom is -0.312 e. The molecule has 3 aliphatic heterocycles. The predicted octanol–water partition coefficient (Wildman–Crippen LogP) is 9.27. The van der Waals surface area contributed by atoms with E-state index in [-0.39, 0.29) is 6.71 Å². The Kier molecular flexibility index (Phi) is 7.73. The fourth-order valence-corrected chi connectivity index (χ4v) is 18.9. The van der Waals surface area contributed by atoms with Crippen LogP contribution in [-0.4, -0.2) is 14.8 Å². The standard InChI is InChI=1S/C50H36BNS3Si/c1-3-14-35(15-4-1)56(36-16-5-2-6-17-36)48-29-26-33(38-32-53-43-21-10-7-18-37(38)43)30-40(48)51-39-28-27-34(31-47(39)55-46-24-13-25-49(56)50(46)51)52-41-19-8-11-22-44(41)54-45-23-12-9-20-42(45)52/h1-8,10-11,13-19,21-22,24-32H,9,12,20,23H2. The van der Waals surface area contributed by atoms with E-state index in [0.29, 0.717) is 0 Å². The molecule has 1 nitrogen and oxygen atoms in total. The van der Waals surface area contributed by atoms with Gasteiger partial charge in [0.25, 0.3) is 0 Å². The normalized spacial score (nSPS) is 16.1. The summed E-state index contributed by atoms with van der Waals surface area (Å²) >= 11 is 5.83. The maximum atomic E-state index is 2.60. The van der Waals surface area contributed by atoms with E-state index in [1.54, 1.807) is 4.91 Å². The number of hydrogen-bond donors (Lipinski definition) is 0. The van der Waals surface area contributed by atoms with Crippen LogP contribution in [0.4, 0.5) is 11.4 Å². The molecular weight excluding hydrogens is 750 g/mol. The molecule has 0 spiro atoms. The molecule has 4 aliphatic rings. The topological polar surface area (TPSA) is 3.24 Å². The van der Waals surface area contributed by atoms with Crippen LogP contribution in [0.5, 0.6) is 0 Å². The Hall–Kier alpha value is -4.98. The lowest BCUT2D eigenvalue weighted by molar-refractivity contribution is 0.680. The van der Waals surface area contributed by atoms with Gasteiger partial charge in [0.1, 0.15) is 0 Å². The van der Waals surface area contributed by atoms with Crippen LogP contribution >= 0.6 is 34.9 Å². The summed E-state index contributed by atoms with van der Waals surface area (Å²) in [4.78, 5) is 8.28. The third kappa shape index (κ3) is 4.83. The number of para-hydroxylation sites is 1. The monoisotopic (exact) mass is 785 g/mol. The van der Waals surface area contributed by atoms with Crippen molar-refractivity contribution in [3.05, 3.63) is 180 Å². The second-order valence-electron chi connectivity index (χ2n) is 15.4. The Bertz CT molecular complexity index is 2860. The minimum absolute atomic E-state index is 0.132. The van der Waals surface area contributed by atoms with Crippen molar-refractivity contribution in [1.29, 1.82) is 0 Å². The fourth-order valence-electron chi connectivity index (χ4n) is 10.2. The molecule has 0 atom stereocenters. The molecule has 7 aromatic carbocycles. The minimum atomic E-state index is -2.74. The zero-order valence-electron chi connectivity index (χ0n) is 30.7. The summed E-state index contributed by atoms with van der Waals surface area (Å²) in [6, 6.07) is 63.1. The van der Waals surface area contributed by atoms with Gasteiger partial charge in [-0.1, -0.05) is 167 Å². The van der Waals surface area contributed by atoms with E-state index in [1.807, 2.05) is 34.9 Å². The molecule has 0 N–H and O–H groups in total. The number of allylic oxidation sites excluding steroid dienone is 2. The van der Waals surface area contributed by atoms with E-state index in [9.17, 15) is 0 Å². The molecule has 1 aliphatic carbocycles. The summed E-state index contributed by atoms with van der Waals surface area (Å²) in [5.74, 6) is 0. The van der Waals surface area contributed by atoms with Gasteiger partial charge in [-0.2, -0.15) is 0 Å². The highest BCUT2D eigenvalue weighted by Crippen LogP contribution is 2.51. The predicted molar refractivity (Wildman–Crippen MR) is 246 cm³/mol. The lowest BCUT2D eigenvalue weighted by Gasteiger charge is -2.45. The Balaban J connectivity index is 1.12. The van der Waals surface area contributed by atoms with E-state index in [4.69, 9.17) is 0 Å². The number of thiophene rings is 1. The summed E-state index contributed by atoms with van der Waals surface area (Å²) < 4.78 is 1.34. The Morgan fingerprint density at radius 3 is 2.16 bits per heavy atom. The van der Waals surface area contributed by atoms with Gasteiger partial charge in [0.2, 0.25) is 6.71 Å². The Labute approximate surface area is 342 Å². The maximum absolute atomic E-state index is 2.74. The molecule has 266 valence electrons. The van der Waals surface area contributed by atoms with Gasteiger partial charge >= 0.3 is 0 Å². The van der Waals surface area contributed by atoms with Gasteiger partial charge in [0.05, 0.1) is 5.69 Å². The third-order valence-corrected chi connectivity index (χ3v) is 20.8. The summed E-state index contributed by atoms with van der Waals surface area (Å²) in [7, 11) is -2.74. The second kappa shape index (κ2) is 13.0. The van der Waals surface area contributed by atoms with Crippen molar-refractivity contribution in [3.8, 4) is 11.1 Å². The number of fused-ring (bicyclic) bond motifs is 6. The number of benzene rings is 7. The molecule has 4 heterocycles. The lowest BCUT2D eigenvalue weighted by Crippen LogP contribution is -2.87. The highest BCUT2D eigenvalue weighted by Gasteiger charge is 2.52. The van der Waals surface area contributed by atoms with Gasteiger partial charge in [-0.3, -0.25) is 0 Å². The van der Waals surface area contributed by atoms with Crippen molar-refractivity contribution in [3.63, 3.8) is 0 Å². The molecular formula is C50H36BNS3Si. The van der Waals surface area contributed by atoms with Gasteiger partial charge in [0.15, 0.2) is 8.07 Å². The summed E-state index contributed by atoms with van der Waals surface area (Å²) in [5, 5.41) is 9.63. The van der Waals surface area contributed by atoms with Crippen LogP contribution in [0.2, 0.25) is 0 Å². The fraction of sp³-hybridized carbons (Fsp3) is 0.0800. The quantitative estimate of drug-likeness (QED) is 0.164. The molecule has 0 amide bonds. The lowest BCUT2D eigenvalue weighted by atomic mass is 9.36. The van der Waals surface area contributed by atoms with Crippen LogP contribution in [0.25, 0.3) is 21.2 Å². The molecule has 0 unspecified atom stereocenters. The van der Waals surface area contributed by atoms with Gasteiger partial charge in [-0.15, -0.1) is 11.3 Å². The van der Waals surface area contributed by atoms with E-state index in [1.165, 1.54) is 109 Å². The number of thioether (sulfide) groups is 1. The van der Waals surface area contributed by atoms with Crippen molar-refractivity contribution in [2.24, 2.45) is 0 Å². The van der Waals surface area contributed by atoms with Gasteiger partial charge in [-0.05, 0) is 93.8 Å². The van der Waals surface area contributed by atoms with E-state index < -0.39 is 8.07 Å². The van der Waals surface area contributed by atoms with E-state index in [0.717, 1.165) is 6.42 Å². The first-order valence-corrected chi connectivity index (χ1v) is 24.2. The third-order valence-electron chi connectivity index (χ3n) is 12.5. The molecule has 8 aromatic rings. The van der Waals surface area contributed by atoms with Crippen LogP contribution in [0, 0.1) is 0 Å². The summed E-state index contributed by atoms with van der Waals surface area (Å²) in [5.41, 5.74) is 11.1. The van der Waals surface area contributed by atoms with Crippen molar-refractivity contribution < 1.29 is 0 Å². The second-order valence-corrected chi connectivity index (χ2v) is 22.3. The number of rotatable bonds is 4. The Morgan fingerprint density at radius 2 is 1.30 bits per heavy atom. The number of nitrogens with zero attached hydrogens (tertiary/aromatic N) is 1. The maximum Gasteiger partial charge on any atom is 0.243 e. The van der Waals surface area contributed by atoms with Crippen molar-refractivity contribution >= 4 is 108 Å². The molecule has 6 heteroatoms. The van der Waals surface area contributed by atoms with Crippen molar-refractivity contribution in [2.45, 2.75) is 40.4 Å². The zero-order chi connectivity index (χ0) is 36.8. The smallest absolute Gasteiger partial charge is 0.243 e. The van der Waals surface area contributed by atoms with Crippen LogP contribution in [-0.2, 0) is 0 Å². The van der Waals surface area contributed by atoms with Gasteiger partial charge in [-0.25, -0.2) is 0 Å². The van der Waals surface area contributed by atoms with Gasteiger partial charge < -0.3 is 4.90 Å². The van der Waals surface area contributed by atoms with Gasteiger partial charge in [0, 0.05) is 46.6 Å². The molecule has 0 bridgehead atoms. The first-order chi connectivity index (χ1) is 27.8. The average Bonchev–Trinajstić information content (AvgIpc) is 3.70. The van der Waals surface area contributed by atoms with Crippen LogP contribution in [0.1, 0.15) is 25.7 Å². The number of anilines is 2. The Morgan fingerprint density at radius 1 is 0.554 bits per heavy atom. The zero-order valence-corrected chi connectivity index (χ0v) is 34.2. The van der Waals surface area contributed by atoms with E-state index in [2.05, 4.69) is 174 Å². The largest absolute Gasteiger partial charge is 0.312 e. The van der Waals surface area contributed by atoms with Crippen molar-refractivity contribution in [1.82, 2.24) is 0 Å². The summed E-state index contributed by atoms with van der Waals surface area (Å²) in [6.45, 7) is 0.132.